The number of hydrogen-bond donors (Lipinski definition) is 1. The predicted molar refractivity (Wildman–Crippen MR) is 109 cm³/mol. The van der Waals surface area contributed by atoms with E-state index in [2.05, 4.69) is 15.4 Å². The van der Waals surface area contributed by atoms with E-state index < -0.39 is 0 Å². The maximum Gasteiger partial charge on any atom is 0.250 e. The first kappa shape index (κ1) is 19.1. The number of aromatic nitrogens is 3. The Hall–Kier alpha value is -2.66. The summed E-state index contributed by atoms with van der Waals surface area (Å²) >= 11 is 6.23. The van der Waals surface area contributed by atoms with Gasteiger partial charge in [0, 0.05) is 23.6 Å². The van der Waals surface area contributed by atoms with Gasteiger partial charge in [0.15, 0.2) is 5.82 Å². The van der Waals surface area contributed by atoms with Gasteiger partial charge >= 0.3 is 0 Å². The second kappa shape index (κ2) is 8.35. The van der Waals surface area contributed by atoms with Gasteiger partial charge in [-0.15, -0.1) is 5.10 Å². The number of carbonyl (C=O) groups excluding carboxylic acids is 1. The molecule has 2 aromatic carbocycles. The lowest BCUT2D eigenvalue weighted by Gasteiger charge is -2.09. The summed E-state index contributed by atoms with van der Waals surface area (Å²) in [4.78, 5) is 17.2. The standard InChI is InChI=1S/C21H23ClN4O/c1-14(2)12-19(27)26-21(23-13-17-6-4-5-7-18(17)22)24-20(25-26)16-10-8-15(3)9-11-16/h4-11,14H,12-13H2,1-3H3,(H,23,24,25). The minimum Gasteiger partial charge on any atom is -0.350 e. The first-order chi connectivity index (χ1) is 12.9. The molecular formula is C21H23ClN4O. The van der Waals surface area contributed by atoms with Crippen molar-refractivity contribution < 1.29 is 4.79 Å². The van der Waals surface area contributed by atoms with Crippen LogP contribution in [0.2, 0.25) is 5.02 Å². The van der Waals surface area contributed by atoms with Crippen LogP contribution in [0.5, 0.6) is 0 Å². The lowest BCUT2D eigenvalue weighted by molar-refractivity contribution is 0.0873. The van der Waals surface area contributed by atoms with Gasteiger partial charge in [-0.25, -0.2) is 0 Å². The number of carbonyl (C=O) groups is 1. The zero-order valence-corrected chi connectivity index (χ0v) is 16.5. The summed E-state index contributed by atoms with van der Waals surface area (Å²) in [6.07, 6.45) is 0.400. The van der Waals surface area contributed by atoms with E-state index in [0.717, 1.165) is 16.7 Å². The Kier molecular flexibility index (Phi) is 5.91. The Balaban J connectivity index is 1.91. The number of anilines is 1. The second-order valence-electron chi connectivity index (χ2n) is 6.97. The van der Waals surface area contributed by atoms with Crippen molar-refractivity contribution in [3.8, 4) is 11.4 Å². The van der Waals surface area contributed by atoms with Crippen LogP contribution in [-0.2, 0) is 6.54 Å². The van der Waals surface area contributed by atoms with E-state index in [4.69, 9.17) is 11.6 Å². The Morgan fingerprint density at radius 3 is 2.52 bits per heavy atom. The van der Waals surface area contributed by atoms with Crippen LogP contribution in [0.1, 0.15) is 36.2 Å². The van der Waals surface area contributed by atoms with E-state index >= 15 is 0 Å². The maximum atomic E-state index is 12.6. The van der Waals surface area contributed by atoms with Crippen LogP contribution in [0.3, 0.4) is 0 Å². The summed E-state index contributed by atoms with van der Waals surface area (Å²) in [6.45, 7) is 6.50. The Morgan fingerprint density at radius 1 is 1.15 bits per heavy atom. The number of hydrogen-bond acceptors (Lipinski definition) is 4. The highest BCUT2D eigenvalue weighted by Crippen LogP contribution is 2.21. The minimum absolute atomic E-state index is 0.0856. The largest absolute Gasteiger partial charge is 0.350 e. The van der Waals surface area contributed by atoms with E-state index in [-0.39, 0.29) is 11.8 Å². The van der Waals surface area contributed by atoms with Gasteiger partial charge < -0.3 is 5.32 Å². The topological polar surface area (TPSA) is 59.8 Å². The number of rotatable bonds is 6. The van der Waals surface area contributed by atoms with Gasteiger partial charge in [-0.1, -0.05) is 73.5 Å². The molecule has 0 aliphatic rings. The van der Waals surface area contributed by atoms with Crippen LogP contribution >= 0.6 is 11.6 Å². The minimum atomic E-state index is -0.0856. The summed E-state index contributed by atoms with van der Waals surface area (Å²) in [6, 6.07) is 15.5. The lowest BCUT2D eigenvalue weighted by Crippen LogP contribution is -2.18. The highest BCUT2D eigenvalue weighted by molar-refractivity contribution is 6.31. The van der Waals surface area contributed by atoms with E-state index in [0.29, 0.717) is 29.8 Å². The average molecular weight is 383 g/mol. The van der Waals surface area contributed by atoms with Crippen LogP contribution < -0.4 is 5.32 Å². The zero-order chi connectivity index (χ0) is 19.4. The Morgan fingerprint density at radius 2 is 1.85 bits per heavy atom. The van der Waals surface area contributed by atoms with Crippen LogP contribution in [0.4, 0.5) is 5.95 Å². The molecule has 0 fully saturated rings. The van der Waals surface area contributed by atoms with Gasteiger partial charge in [0.1, 0.15) is 0 Å². The molecule has 1 N–H and O–H groups in total. The molecule has 5 nitrogen and oxygen atoms in total. The fourth-order valence-electron chi connectivity index (χ4n) is 2.68. The molecule has 6 heteroatoms. The fraction of sp³-hybridized carbons (Fsp3) is 0.286. The third-order valence-electron chi connectivity index (χ3n) is 4.13. The molecule has 0 unspecified atom stereocenters. The molecule has 0 atom stereocenters. The molecule has 27 heavy (non-hydrogen) atoms. The molecule has 1 aromatic heterocycles. The Labute approximate surface area is 164 Å². The van der Waals surface area contributed by atoms with Crippen molar-refractivity contribution in [1.29, 1.82) is 0 Å². The second-order valence-corrected chi connectivity index (χ2v) is 7.38. The van der Waals surface area contributed by atoms with Crippen molar-refractivity contribution in [2.75, 3.05) is 5.32 Å². The summed E-state index contributed by atoms with van der Waals surface area (Å²) in [5, 5.41) is 8.34. The number of nitrogens with zero attached hydrogens (tertiary/aromatic N) is 3. The molecule has 0 saturated heterocycles. The molecule has 0 bridgehead atoms. The Bertz CT molecular complexity index is 932. The summed E-state index contributed by atoms with van der Waals surface area (Å²) in [7, 11) is 0. The molecule has 3 rings (SSSR count). The van der Waals surface area contributed by atoms with E-state index in [9.17, 15) is 4.79 Å². The van der Waals surface area contributed by atoms with Gasteiger partial charge in [-0.3, -0.25) is 4.79 Å². The molecule has 0 radical (unpaired) electrons. The predicted octanol–water partition coefficient (Wildman–Crippen LogP) is 5.21. The van der Waals surface area contributed by atoms with Gasteiger partial charge in [-0.2, -0.15) is 9.67 Å². The summed E-state index contributed by atoms with van der Waals surface area (Å²) < 4.78 is 1.37. The summed E-state index contributed by atoms with van der Waals surface area (Å²) in [5.41, 5.74) is 2.96. The number of benzene rings is 2. The molecule has 0 saturated carbocycles. The monoisotopic (exact) mass is 382 g/mol. The van der Waals surface area contributed by atoms with Gasteiger partial charge in [0.05, 0.1) is 0 Å². The number of aryl methyl sites for hydroxylation is 1. The number of nitrogens with one attached hydrogen (secondary N) is 1. The van der Waals surface area contributed by atoms with Crippen molar-refractivity contribution in [3.05, 3.63) is 64.7 Å². The first-order valence-electron chi connectivity index (χ1n) is 8.98. The van der Waals surface area contributed by atoms with Gasteiger partial charge in [0.25, 0.3) is 0 Å². The third-order valence-corrected chi connectivity index (χ3v) is 4.50. The lowest BCUT2D eigenvalue weighted by atomic mass is 10.1. The molecule has 0 aliphatic carbocycles. The van der Waals surface area contributed by atoms with Crippen LogP contribution in [0.15, 0.2) is 48.5 Å². The van der Waals surface area contributed by atoms with Crippen molar-refractivity contribution in [3.63, 3.8) is 0 Å². The SMILES string of the molecule is Cc1ccc(-c2nc(NCc3ccccc3Cl)n(C(=O)CC(C)C)n2)cc1. The number of halogens is 1. The third kappa shape index (κ3) is 4.74. The molecule has 140 valence electrons. The zero-order valence-electron chi connectivity index (χ0n) is 15.7. The van der Waals surface area contributed by atoms with Crippen molar-refractivity contribution in [1.82, 2.24) is 14.8 Å². The molecule has 1 heterocycles. The molecule has 0 amide bonds. The smallest absolute Gasteiger partial charge is 0.250 e. The van der Waals surface area contributed by atoms with Crippen molar-refractivity contribution in [2.24, 2.45) is 5.92 Å². The average Bonchev–Trinajstić information content (AvgIpc) is 3.05. The highest BCUT2D eigenvalue weighted by atomic mass is 35.5. The normalized spacial score (nSPS) is 11.0. The first-order valence-corrected chi connectivity index (χ1v) is 9.36. The van der Waals surface area contributed by atoms with E-state index in [1.54, 1.807) is 0 Å². The quantitative estimate of drug-likeness (QED) is 0.636. The molecule has 0 aliphatic heterocycles. The van der Waals surface area contributed by atoms with E-state index in [1.807, 2.05) is 69.3 Å². The molecule has 0 spiro atoms. The maximum absolute atomic E-state index is 12.6. The van der Waals surface area contributed by atoms with Crippen LogP contribution in [-0.4, -0.2) is 20.7 Å². The van der Waals surface area contributed by atoms with Gasteiger partial charge in [0.2, 0.25) is 11.9 Å². The summed E-state index contributed by atoms with van der Waals surface area (Å²) in [5.74, 6) is 1.10. The molecular weight excluding hydrogens is 360 g/mol. The van der Waals surface area contributed by atoms with Gasteiger partial charge in [-0.05, 0) is 24.5 Å². The van der Waals surface area contributed by atoms with Crippen molar-refractivity contribution in [2.45, 2.75) is 33.7 Å². The van der Waals surface area contributed by atoms with Crippen LogP contribution in [0.25, 0.3) is 11.4 Å². The van der Waals surface area contributed by atoms with Crippen LogP contribution in [0, 0.1) is 12.8 Å². The molecule has 3 aromatic rings. The van der Waals surface area contributed by atoms with E-state index in [1.165, 1.54) is 4.68 Å². The fourth-order valence-corrected chi connectivity index (χ4v) is 2.88. The highest BCUT2D eigenvalue weighted by Gasteiger charge is 2.18. The van der Waals surface area contributed by atoms with Crippen molar-refractivity contribution >= 4 is 23.5 Å².